The summed E-state index contributed by atoms with van der Waals surface area (Å²) in [6.07, 6.45) is 3.00. The number of piperazine rings is 1. The van der Waals surface area contributed by atoms with Gasteiger partial charge in [-0.3, -0.25) is 14.2 Å². The monoisotopic (exact) mass is 533 g/mol. The standard InChI is InChI=1S/C30H39N5O2S/c1-23-22-33(18-19-34(23)28(37)30(2,3)4)27(36)17-11-12-20-38-29-32-31-26(21-24-13-7-5-8-14-24)35(29)25-15-9-6-10-16-25/h5-10,13-16,23H,11-12,17-22H2,1-4H3. The third kappa shape index (κ3) is 7.04. The molecule has 0 aliphatic carbocycles. The number of benzene rings is 2. The highest BCUT2D eigenvalue weighted by Crippen LogP contribution is 2.25. The second-order valence-electron chi connectivity index (χ2n) is 11.0. The zero-order valence-corrected chi connectivity index (χ0v) is 23.8. The Balaban J connectivity index is 1.28. The summed E-state index contributed by atoms with van der Waals surface area (Å²) < 4.78 is 2.14. The van der Waals surface area contributed by atoms with Gasteiger partial charge in [-0.05, 0) is 37.5 Å². The van der Waals surface area contributed by atoms with Gasteiger partial charge in [0.25, 0.3) is 0 Å². The van der Waals surface area contributed by atoms with Crippen molar-refractivity contribution in [2.24, 2.45) is 5.41 Å². The molecule has 1 atom stereocenters. The summed E-state index contributed by atoms with van der Waals surface area (Å²) in [4.78, 5) is 29.4. The van der Waals surface area contributed by atoms with Gasteiger partial charge in [0.15, 0.2) is 5.16 Å². The van der Waals surface area contributed by atoms with E-state index in [2.05, 4.69) is 39.0 Å². The minimum atomic E-state index is -0.398. The van der Waals surface area contributed by atoms with Crippen molar-refractivity contribution in [2.45, 2.75) is 64.6 Å². The second-order valence-corrected chi connectivity index (χ2v) is 12.0. The highest BCUT2D eigenvalue weighted by Gasteiger charge is 2.34. The molecule has 1 fully saturated rings. The summed E-state index contributed by atoms with van der Waals surface area (Å²) in [7, 11) is 0. The Kier molecular flexibility index (Phi) is 9.26. The Hall–Kier alpha value is -3.13. The molecule has 7 nitrogen and oxygen atoms in total. The Morgan fingerprint density at radius 2 is 1.63 bits per heavy atom. The van der Waals surface area contributed by atoms with Crippen LogP contribution in [0.1, 0.15) is 58.3 Å². The summed E-state index contributed by atoms with van der Waals surface area (Å²) in [6.45, 7) is 9.72. The van der Waals surface area contributed by atoms with Gasteiger partial charge in [0, 0.05) is 55.4 Å². The normalized spacial score (nSPS) is 16.1. The first-order valence-corrected chi connectivity index (χ1v) is 14.5. The van der Waals surface area contributed by atoms with Crippen molar-refractivity contribution in [1.82, 2.24) is 24.6 Å². The van der Waals surface area contributed by atoms with Crippen LogP contribution >= 0.6 is 11.8 Å². The molecular formula is C30H39N5O2S. The van der Waals surface area contributed by atoms with E-state index >= 15 is 0 Å². The molecule has 2 heterocycles. The molecule has 4 rings (SSSR count). The molecule has 2 amide bonds. The molecule has 1 aliphatic heterocycles. The summed E-state index contributed by atoms with van der Waals surface area (Å²) in [6, 6.07) is 20.6. The number of carbonyl (C=O) groups excluding carboxylic acids is 2. The zero-order valence-electron chi connectivity index (χ0n) is 23.0. The van der Waals surface area contributed by atoms with Gasteiger partial charge in [-0.1, -0.05) is 81.1 Å². The van der Waals surface area contributed by atoms with Crippen molar-refractivity contribution in [3.63, 3.8) is 0 Å². The summed E-state index contributed by atoms with van der Waals surface area (Å²) in [5.74, 6) is 2.12. The van der Waals surface area contributed by atoms with Crippen LogP contribution in [-0.4, -0.2) is 67.8 Å². The first-order valence-electron chi connectivity index (χ1n) is 13.5. The Morgan fingerprint density at radius 3 is 2.29 bits per heavy atom. The van der Waals surface area contributed by atoms with Gasteiger partial charge in [0.2, 0.25) is 11.8 Å². The van der Waals surface area contributed by atoms with Gasteiger partial charge in [-0.25, -0.2) is 0 Å². The smallest absolute Gasteiger partial charge is 0.228 e. The van der Waals surface area contributed by atoms with E-state index in [4.69, 9.17) is 0 Å². The van der Waals surface area contributed by atoms with Crippen molar-refractivity contribution < 1.29 is 9.59 Å². The molecule has 0 radical (unpaired) electrons. The summed E-state index contributed by atoms with van der Waals surface area (Å²) >= 11 is 1.69. The van der Waals surface area contributed by atoms with Crippen molar-refractivity contribution >= 4 is 23.6 Å². The van der Waals surface area contributed by atoms with Gasteiger partial charge >= 0.3 is 0 Å². The molecule has 0 N–H and O–H groups in total. The van der Waals surface area contributed by atoms with E-state index in [9.17, 15) is 9.59 Å². The number of hydrogen-bond donors (Lipinski definition) is 0. The van der Waals surface area contributed by atoms with E-state index in [-0.39, 0.29) is 17.9 Å². The lowest BCUT2D eigenvalue weighted by Gasteiger charge is -2.42. The fraction of sp³-hybridized carbons (Fsp3) is 0.467. The topological polar surface area (TPSA) is 71.3 Å². The number of thioether (sulfide) groups is 1. The SMILES string of the molecule is CC1CN(C(=O)CCCCSc2nnc(Cc3ccccc3)n2-c2ccccc2)CCN1C(=O)C(C)(C)C. The lowest BCUT2D eigenvalue weighted by molar-refractivity contribution is -0.148. The van der Waals surface area contributed by atoms with E-state index in [0.29, 0.717) is 32.5 Å². The Bertz CT molecular complexity index is 1210. The molecule has 3 aromatic rings. The van der Waals surface area contributed by atoms with Gasteiger partial charge in [-0.2, -0.15) is 0 Å². The predicted molar refractivity (Wildman–Crippen MR) is 152 cm³/mol. The lowest BCUT2D eigenvalue weighted by Crippen LogP contribution is -2.57. The third-order valence-corrected chi connectivity index (χ3v) is 7.83. The number of amides is 2. The van der Waals surface area contributed by atoms with Crippen LogP contribution in [0.2, 0.25) is 0 Å². The first-order chi connectivity index (χ1) is 18.2. The van der Waals surface area contributed by atoms with Crippen LogP contribution in [0.5, 0.6) is 0 Å². The van der Waals surface area contributed by atoms with Crippen molar-refractivity contribution in [3.05, 3.63) is 72.1 Å². The van der Waals surface area contributed by atoms with Crippen LogP contribution in [0.3, 0.4) is 0 Å². The minimum Gasteiger partial charge on any atom is -0.339 e. The summed E-state index contributed by atoms with van der Waals surface area (Å²) in [5, 5.41) is 9.91. The summed E-state index contributed by atoms with van der Waals surface area (Å²) in [5.41, 5.74) is 1.86. The maximum Gasteiger partial charge on any atom is 0.228 e. The fourth-order valence-electron chi connectivity index (χ4n) is 4.74. The molecule has 1 saturated heterocycles. The fourth-order valence-corrected chi connectivity index (χ4v) is 5.71. The maximum atomic E-state index is 12.9. The Morgan fingerprint density at radius 1 is 0.947 bits per heavy atom. The molecule has 2 aromatic carbocycles. The average molecular weight is 534 g/mol. The quantitative estimate of drug-likeness (QED) is 0.278. The minimum absolute atomic E-state index is 0.0458. The van der Waals surface area contributed by atoms with Crippen LogP contribution < -0.4 is 0 Å². The van der Waals surface area contributed by atoms with Gasteiger partial charge in [0.1, 0.15) is 5.82 Å². The average Bonchev–Trinajstić information content (AvgIpc) is 3.30. The molecule has 202 valence electrons. The zero-order chi connectivity index (χ0) is 27.1. The number of nitrogens with zero attached hydrogens (tertiary/aromatic N) is 5. The molecule has 8 heteroatoms. The maximum absolute atomic E-state index is 12.9. The highest BCUT2D eigenvalue weighted by atomic mass is 32.2. The van der Waals surface area contributed by atoms with E-state index in [1.54, 1.807) is 11.8 Å². The van der Waals surface area contributed by atoms with E-state index in [1.165, 1.54) is 5.56 Å². The van der Waals surface area contributed by atoms with Crippen molar-refractivity contribution in [1.29, 1.82) is 0 Å². The van der Waals surface area contributed by atoms with Gasteiger partial charge < -0.3 is 9.80 Å². The predicted octanol–water partition coefficient (Wildman–Crippen LogP) is 5.23. The van der Waals surface area contributed by atoms with Crippen LogP contribution in [0.25, 0.3) is 5.69 Å². The van der Waals surface area contributed by atoms with Crippen LogP contribution in [0, 0.1) is 5.41 Å². The second kappa shape index (κ2) is 12.6. The van der Waals surface area contributed by atoms with Crippen molar-refractivity contribution in [3.8, 4) is 5.69 Å². The van der Waals surface area contributed by atoms with Crippen LogP contribution in [0.15, 0.2) is 65.8 Å². The highest BCUT2D eigenvalue weighted by molar-refractivity contribution is 7.99. The number of hydrogen-bond acceptors (Lipinski definition) is 5. The molecule has 1 aliphatic rings. The Labute approximate surface area is 230 Å². The largest absolute Gasteiger partial charge is 0.339 e. The molecular weight excluding hydrogens is 494 g/mol. The molecule has 38 heavy (non-hydrogen) atoms. The number of rotatable bonds is 9. The van der Waals surface area contributed by atoms with E-state index in [0.717, 1.165) is 35.3 Å². The molecule has 0 spiro atoms. The van der Waals surface area contributed by atoms with Crippen LogP contribution in [0.4, 0.5) is 0 Å². The lowest BCUT2D eigenvalue weighted by atomic mass is 9.93. The first kappa shape index (κ1) is 27.9. The number of aromatic nitrogens is 3. The number of carbonyl (C=O) groups is 2. The van der Waals surface area contributed by atoms with Crippen LogP contribution in [-0.2, 0) is 16.0 Å². The van der Waals surface area contributed by atoms with E-state index < -0.39 is 5.41 Å². The van der Waals surface area contributed by atoms with Gasteiger partial charge in [0.05, 0.1) is 0 Å². The molecule has 0 bridgehead atoms. The number of unbranched alkanes of at least 4 members (excludes halogenated alkanes) is 1. The molecule has 1 unspecified atom stereocenters. The van der Waals surface area contributed by atoms with Crippen molar-refractivity contribution in [2.75, 3.05) is 25.4 Å². The van der Waals surface area contributed by atoms with E-state index in [1.807, 2.05) is 73.9 Å². The molecule has 0 saturated carbocycles. The number of para-hydroxylation sites is 1. The molecule has 1 aromatic heterocycles. The van der Waals surface area contributed by atoms with Gasteiger partial charge in [-0.15, -0.1) is 10.2 Å². The third-order valence-electron chi connectivity index (χ3n) is 6.82.